The minimum atomic E-state index is -2.43. The van der Waals surface area contributed by atoms with E-state index in [1.807, 2.05) is 0 Å². The van der Waals surface area contributed by atoms with E-state index in [4.69, 9.17) is 0 Å². The molecule has 0 saturated heterocycles. The molecule has 0 amide bonds. The first-order valence-corrected chi connectivity index (χ1v) is 5.64. The summed E-state index contributed by atoms with van der Waals surface area (Å²) < 4.78 is 28.1. The fraction of sp³-hybridized carbons (Fsp3) is 0.875. The zero-order valence-corrected chi connectivity index (χ0v) is 8.89. The Labute approximate surface area is 85.6 Å². The van der Waals surface area contributed by atoms with E-state index in [2.05, 4.69) is 9.46 Å². The molecule has 0 aromatic carbocycles. The van der Waals surface area contributed by atoms with Gasteiger partial charge in [-0.25, -0.2) is 4.72 Å². The van der Waals surface area contributed by atoms with Crippen molar-refractivity contribution in [3.05, 3.63) is 0 Å². The van der Waals surface area contributed by atoms with Crippen molar-refractivity contribution in [3.8, 4) is 0 Å². The molecule has 14 heavy (non-hydrogen) atoms. The van der Waals surface area contributed by atoms with E-state index in [-0.39, 0.29) is 0 Å². The average Bonchev–Trinajstić information content (AvgIpc) is 2.17. The highest BCUT2D eigenvalue weighted by Crippen LogP contribution is 2.29. The Balaban J connectivity index is 2.76. The lowest BCUT2D eigenvalue weighted by Gasteiger charge is -2.35. The second kappa shape index (κ2) is 4.86. The number of hydrogen-bond acceptors (Lipinski definition) is 4. The minimum Gasteiger partial charge on any atom is -0.760 e. The van der Waals surface area contributed by atoms with Gasteiger partial charge in [-0.3, -0.25) is 9.00 Å². The topological polar surface area (TPSA) is 78.5 Å². The molecule has 1 atom stereocenters. The van der Waals surface area contributed by atoms with Crippen LogP contribution in [0.25, 0.3) is 0 Å². The number of rotatable bonds is 3. The van der Waals surface area contributed by atoms with Gasteiger partial charge in [0.05, 0.1) is 7.11 Å². The third-order valence-corrected chi connectivity index (χ3v) is 3.12. The van der Waals surface area contributed by atoms with Crippen LogP contribution in [0, 0.1) is 0 Å². The van der Waals surface area contributed by atoms with E-state index in [0.717, 1.165) is 19.3 Å². The molecule has 1 rings (SSSR count). The molecular formula is C8H14NO4S-. The molecule has 1 fully saturated rings. The lowest BCUT2D eigenvalue weighted by molar-refractivity contribution is -0.149. The number of carbonyl (C=O) groups excluding carboxylic acids is 1. The molecule has 1 unspecified atom stereocenters. The lowest BCUT2D eigenvalue weighted by atomic mass is 9.83. The van der Waals surface area contributed by atoms with Crippen molar-refractivity contribution >= 4 is 17.2 Å². The Hall–Kier alpha value is -0.460. The summed E-state index contributed by atoms with van der Waals surface area (Å²) in [5.74, 6) is -0.485. The van der Waals surface area contributed by atoms with Crippen LogP contribution < -0.4 is 4.72 Å². The van der Waals surface area contributed by atoms with Crippen LogP contribution >= 0.6 is 0 Å². The second-order valence-electron chi connectivity index (χ2n) is 3.47. The van der Waals surface area contributed by atoms with Crippen LogP contribution in [-0.2, 0) is 20.8 Å². The van der Waals surface area contributed by atoms with Crippen LogP contribution in [-0.4, -0.2) is 27.4 Å². The summed E-state index contributed by atoms with van der Waals surface area (Å²) in [6, 6.07) is 0. The number of carbonyl (C=O) groups is 1. The maximum Gasteiger partial charge on any atom is 0.326 e. The zero-order chi connectivity index (χ0) is 10.6. The summed E-state index contributed by atoms with van der Waals surface area (Å²) in [5, 5.41) is 0. The SMILES string of the molecule is COC(=O)C1(NS(=O)[O-])CCCCC1. The average molecular weight is 220 g/mol. The third-order valence-electron chi connectivity index (χ3n) is 2.56. The van der Waals surface area contributed by atoms with Crippen molar-refractivity contribution in [2.45, 2.75) is 37.6 Å². The van der Waals surface area contributed by atoms with Crippen molar-refractivity contribution in [2.24, 2.45) is 0 Å². The van der Waals surface area contributed by atoms with Crippen LogP contribution in [0.4, 0.5) is 0 Å². The Kier molecular flexibility index (Phi) is 4.03. The minimum absolute atomic E-state index is 0.485. The van der Waals surface area contributed by atoms with Crippen LogP contribution in [0.5, 0.6) is 0 Å². The second-order valence-corrected chi connectivity index (χ2v) is 4.14. The van der Waals surface area contributed by atoms with Crippen molar-refractivity contribution in [2.75, 3.05) is 7.11 Å². The van der Waals surface area contributed by atoms with E-state index in [1.54, 1.807) is 0 Å². The molecule has 0 aliphatic heterocycles. The van der Waals surface area contributed by atoms with Crippen LogP contribution in [0.1, 0.15) is 32.1 Å². The summed E-state index contributed by atoms with van der Waals surface area (Å²) >= 11 is -2.43. The van der Waals surface area contributed by atoms with Crippen molar-refractivity contribution in [3.63, 3.8) is 0 Å². The lowest BCUT2D eigenvalue weighted by Crippen LogP contribution is -2.54. The Morgan fingerprint density at radius 3 is 2.43 bits per heavy atom. The van der Waals surface area contributed by atoms with Gasteiger partial charge >= 0.3 is 5.97 Å². The largest absolute Gasteiger partial charge is 0.760 e. The summed E-state index contributed by atoms with van der Waals surface area (Å²) in [6.07, 6.45) is 3.77. The Bertz CT molecular complexity index is 237. The molecular weight excluding hydrogens is 206 g/mol. The monoisotopic (exact) mass is 220 g/mol. The third kappa shape index (κ3) is 2.52. The first-order chi connectivity index (χ1) is 6.60. The fourth-order valence-electron chi connectivity index (χ4n) is 1.86. The molecule has 6 heteroatoms. The van der Waals surface area contributed by atoms with Crippen molar-refractivity contribution in [1.82, 2.24) is 4.72 Å². The van der Waals surface area contributed by atoms with Gasteiger partial charge in [-0.2, -0.15) is 0 Å². The van der Waals surface area contributed by atoms with Crippen molar-refractivity contribution < 1.29 is 18.3 Å². The molecule has 0 spiro atoms. The first-order valence-electron chi connectivity index (χ1n) is 4.56. The van der Waals surface area contributed by atoms with E-state index in [9.17, 15) is 13.6 Å². The quantitative estimate of drug-likeness (QED) is 0.546. The first kappa shape index (κ1) is 11.6. The van der Waals surface area contributed by atoms with Crippen LogP contribution in [0.3, 0.4) is 0 Å². The molecule has 1 saturated carbocycles. The summed E-state index contributed by atoms with van der Waals surface area (Å²) in [5.41, 5.74) is -1.01. The van der Waals surface area contributed by atoms with Crippen molar-refractivity contribution in [1.29, 1.82) is 0 Å². The van der Waals surface area contributed by atoms with E-state index in [0.29, 0.717) is 12.8 Å². The number of esters is 1. The van der Waals surface area contributed by atoms with Crippen LogP contribution in [0.15, 0.2) is 0 Å². The maximum absolute atomic E-state index is 11.5. The predicted molar refractivity (Wildman–Crippen MR) is 49.9 cm³/mol. The Morgan fingerprint density at radius 1 is 1.43 bits per heavy atom. The molecule has 0 aromatic rings. The fourth-order valence-corrected chi connectivity index (χ4v) is 2.46. The Morgan fingerprint density at radius 2 is 2.00 bits per heavy atom. The van der Waals surface area contributed by atoms with Gasteiger partial charge in [0, 0.05) is 11.3 Å². The molecule has 0 aromatic heterocycles. The van der Waals surface area contributed by atoms with Gasteiger partial charge in [0.1, 0.15) is 5.54 Å². The van der Waals surface area contributed by atoms with E-state index >= 15 is 0 Å². The molecule has 82 valence electrons. The highest BCUT2D eigenvalue weighted by atomic mass is 32.2. The van der Waals surface area contributed by atoms with E-state index in [1.165, 1.54) is 7.11 Å². The van der Waals surface area contributed by atoms with Gasteiger partial charge in [0.15, 0.2) is 0 Å². The predicted octanol–water partition coefficient (Wildman–Crippen LogP) is 0.246. The van der Waals surface area contributed by atoms with Gasteiger partial charge in [0.25, 0.3) is 0 Å². The summed E-state index contributed by atoms with van der Waals surface area (Å²) in [7, 11) is 1.27. The summed E-state index contributed by atoms with van der Waals surface area (Å²) in [6.45, 7) is 0. The molecule has 0 bridgehead atoms. The molecule has 1 N–H and O–H groups in total. The van der Waals surface area contributed by atoms with Gasteiger partial charge in [-0.15, -0.1) is 0 Å². The van der Waals surface area contributed by atoms with Gasteiger partial charge in [-0.05, 0) is 12.8 Å². The van der Waals surface area contributed by atoms with Gasteiger partial charge in [0.2, 0.25) is 0 Å². The standard InChI is InChI=1S/C8H15NO4S/c1-13-7(10)8(9-14(11)12)5-3-2-4-6-8/h9H,2-6H2,1H3,(H,11,12)/p-1. The number of ether oxygens (including phenoxy) is 1. The van der Waals surface area contributed by atoms with Gasteiger partial charge in [-0.1, -0.05) is 19.3 Å². The highest BCUT2D eigenvalue weighted by Gasteiger charge is 2.40. The molecule has 5 nitrogen and oxygen atoms in total. The maximum atomic E-state index is 11.5. The number of methoxy groups -OCH3 is 1. The summed E-state index contributed by atoms with van der Waals surface area (Å²) in [4.78, 5) is 11.5. The number of hydrogen-bond donors (Lipinski definition) is 1. The molecule has 0 radical (unpaired) electrons. The normalized spacial score (nSPS) is 22.7. The zero-order valence-electron chi connectivity index (χ0n) is 8.08. The molecule has 1 aliphatic rings. The van der Waals surface area contributed by atoms with E-state index < -0.39 is 22.8 Å². The highest BCUT2D eigenvalue weighted by molar-refractivity contribution is 7.77. The van der Waals surface area contributed by atoms with Crippen LogP contribution in [0.2, 0.25) is 0 Å². The smallest absolute Gasteiger partial charge is 0.326 e. The molecule has 1 aliphatic carbocycles. The van der Waals surface area contributed by atoms with Gasteiger partial charge < -0.3 is 9.29 Å². The number of nitrogens with one attached hydrogen (secondary N) is 1. The molecule has 0 heterocycles.